The van der Waals surface area contributed by atoms with E-state index < -0.39 is 0 Å². The van der Waals surface area contributed by atoms with Gasteiger partial charge in [-0.15, -0.1) is 11.3 Å². The lowest BCUT2D eigenvalue weighted by atomic mass is 10.1. The molecule has 0 saturated heterocycles. The van der Waals surface area contributed by atoms with Crippen molar-refractivity contribution in [3.63, 3.8) is 0 Å². The van der Waals surface area contributed by atoms with Crippen molar-refractivity contribution in [3.8, 4) is 6.07 Å². The number of thiophene rings is 1. The number of amides is 1. The minimum Gasteiger partial charge on any atom is -0.306 e. The van der Waals surface area contributed by atoms with Gasteiger partial charge in [-0.1, -0.05) is 6.42 Å². The van der Waals surface area contributed by atoms with Gasteiger partial charge in [-0.05, 0) is 49.4 Å². The van der Waals surface area contributed by atoms with Gasteiger partial charge in [0.25, 0.3) is 5.91 Å². The maximum Gasteiger partial charge on any atom is 0.266 e. The molecule has 106 valence electrons. The van der Waals surface area contributed by atoms with Gasteiger partial charge in [-0.3, -0.25) is 4.79 Å². The largest absolute Gasteiger partial charge is 0.306 e. The summed E-state index contributed by atoms with van der Waals surface area (Å²) in [5, 5.41) is 11.5. The highest BCUT2D eigenvalue weighted by atomic mass is 32.1. The summed E-state index contributed by atoms with van der Waals surface area (Å²) in [6.45, 7) is 0. The molecule has 21 heavy (non-hydrogen) atoms. The molecule has 0 radical (unpaired) electrons. The molecule has 1 amide bonds. The van der Waals surface area contributed by atoms with E-state index in [2.05, 4.69) is 10.3 Å². The summed E-state index contributed by atoms with van der Waals surface area (Å²) in [6, 6.07) is 7.32. The van der Waals surface area contributed by atoms with Crippen molar-refractivity contribution in [2.75, 3.05) is 5.32 Å². The van der Waals surface area contributed by atoms with Crippen molar-refractivity contribution in [2.24, 2.45) is 0 Å². The lowest BCUT2D eigenvalue weighted by Crippen LogP contribution is -2.11. The number of carbonyl (C=O) groups excluding carboxylic acids is 1. The topological polar surface area (TPSA) is 65.8 Å². The molecule has 0 bridgehead atoms. The summed E-state index contributed by atoms with van der Waals surface area (Å²) in [4.78, 5) is 18.4. The Morgan fingerprint density at radius 2 is 2.14 bits per heavy atom. The van der Waals surface area contributed by atoms with Gasteiger partial charge in [0.05, 0.1) is 10.4 Å². The van der Waals surface area contributed by atoms with Gasteiger partial charge in [0.15, 0.2) is 0 Å². The zero-order valence-electron chi connectivity index (χ0n) is 11.6. The van der Waals surface area contributed by atoms with Gasteiger partial charge < -0.3 is 5.32 Å². The van der Waals surface area contributed by atoms with E-state index in [0.29, 0.717) is 11.4 Å². The Balaban J connectivity index is 1.74. The third-order valence-electron chi connectivity index (χ3n) is 3.60. The van der Waals surface area contributed by atoms with Gasteiger partial charge in [0.2, 0.25) is 0 Å². The van der Waals surface area contributed by atoms with Crippen molar-refractivity contribution >= 4 is 23.1 Å². The standard InChI is InChI=1S/C16H15N3OS/c17-9-11-6-7-15(18-10-11)19-16(20)14-8-12-4-2-1-3-5-13(12)21-14/h6-8,10H,1-5H2,(H,18,19,20). The van der Waals surface area contributed by atoms with Gasteiger partial charge in [0.1, 0.15) is 11.9 Å². The second-order valence-electron chi connectivity index (χ2n) is 5.12. The van der Waals surface area contributed by atoms with Crippen LogP contribution in [-0.2, 0) is 12.8 Å². The van der Waals surface area contributed by atoms with E-state index in [4.69, 9.17) is 5.26 Å². The molecule has 0 atom stereocenters. The molecule has 2 heterocycles. The van der Waals surface area contributed by atoms with Crippen LogP contribution in [0.5, 0.6) is 0 Å². The normalized spacial score (nSPS) is 13.9. The number of nitriles is 1. The Bertz CT molecular complexity index is 674. The van der Waals surface area contributed by atoms with Crippen LogP contribution in [0.3, 0.4) is 0 Å². The molecule has 1 N–H and O–H groups in total. The summed E-state index contributed by atoms with van der Waals surface area (Å²) in [5.74, 6) is 0.355. The Morgan fingerprint density at radius 3 is 2.90 bits per heavy atom. The Labute approximate surface area is 127 Å². The number of hydrogen-bond acceptors (Lipinski definition) is 4. The number of nitrogens with zero attached hydrogens (tertiary/aromatic N) is 2. The van der Waals surface area contributed by atoms with Gasteiger partial charge >= 0.3 is 0 Å². The number of anilines is 1. The van der Waals surface area contributed by atoms with Crippen LogP contribution < -0.4 is 5.32 Å². The van der Waals surface area contributed by atoms with Crippen LogP contribution in [0.15, 0.2) is 24.4 Å². The lowest BCUT2D eigenvalue weighted by Gasteiger charge is -2.02. The number of pyridine rings is 1. The number of aryl methyl sites for hydroxylation is 2. The molecule has 0 spiro atoms. The van der Waals surface area contributed by atoms with Gasteiger partial charge in [-0.2, -0.15) is 5.26 Å². The van der Waals surface area contributed by atoms with Crippen LogP contribution in [0.25, 0.3) is 0 Å². The van der Waals surface area contributed by atoms with E-state index in [1.807, 2.05) is 12.1 Å². The smallest absolute Gasteiger partial charge is 0.266 e. The zero-order chi connectivity index (χ0) is 14.7. The molecule has 1 aliphatic rings. The minimum atomic E-state index is -0.120. The van der Waals surface area contributed by atoms with E-state index >= 15 is 0 Å². The molecule has 0 aliphatic heterocycles. The van der Waals surface area contributed by atoms with Crippen LogP contribution in [0.1, 0.15) is 44.9 Å². The van der Waals surface area contributed by atoms with Crippen LogP contribution in [0, 0.1) is 11.3 Å². The molecule has 0 aromatic carbocycles. The van der Waals surface area contributed by atoms with Crippen LogP contribution in [0.2, 0.25) is 0 Å². The van der Waals surface area contributed by atoms with Crippen molar-refractivity contribution in [1.29, 1.82) is 5.26 Å². The van der Waals surface area contributed by atoms with E-state index in [0.717, 1.165) is 17.7 Å². The maximum atomic E-state index is 12.3. The fraction of sp³-hybridized carbons (Fsp3) is 0.312. The summed E-state index contributed by atoms with van der Waals surface area (Å²) >= 11 is 1.59. The zero-order valence-corrected chi connectivity index (χ0v) is 12.4. The predicted molar refractivity (Wildman–Crippen MR) is 82.5 cm³/mol. The molecule has 5 heteroatoms. The first-order valence-corrected chi connectivity index (χ1v) is 7.87. The monoisotopic (exact) mass is 297 g/mol. The fourth-order valence-corrected chi connectivity index (χ4v) is 3.64. The average molecular weight is 297 g/mol. The number of aromatic nitrogens is 1. The Kier molecular flexibility index (Phi) is 3.98. The first-order valence-electron chi connectivity index (χ1n) is 7.05. The summed E-state index contributed by atoms with van der Waals surface area (Å²) in [6.07, 6.45) is 7.32. The number of carbonyl (C=O) groups is 1. The van der Waals surface area contributed by atoms with Crippen molar-refractivity contribution in [1.82, 2.24) is 4.98 Å². The first-order chi connectivity index (χ1) is 10.3. The third kappa shape index (κ3) is 3.11. The molecule has 0 saturated carbocycles. The highest BCUT2D eigenvalue weighted by Gasteiger charge is 2.16. The Hall–Kier alpha value is -2.19. The minimum absolute atomic E-state index is 0.120. The summed E-state index contributed by atoms with van der Waals surface area (Å²) < 4.78 is 0. The number of hydrogen-bond donors (Lipinski definition) is 1. The molecule has 0 unspecified atom stereocenters. The molecule has 4 nitrogen and oxygen atoms in total. The van der Waals surface area contributed by atoms with Crippen LogP contribution in [-0.4, -0.2) is 10.9 Å². The van der Waals surface area contributed by atoms with Gasteiger partial charge in [0, 0.05) is 11.1 Å². The second kappa shape index (κ2) is 6.06. The third-order valence-corrected chi connectivity index (χ3v) is 4.84. The molecular formula is C16H15N3OS. The molecule has 2 aromatic heterocycles. The predicted octanol–water partition coefficient (Wildman–Crippen LogP) is 3.54. The molecule has 3 rings (SSSR count). The van der Waals surface area contributed by atoms with E-state index in [1.165, 1.54) is 35.9 Å². The van der Waals surface area contributed by atoms with Crippen molar-refractivity contribution in [3.05, 3.63) is 45.3 Å². The first kappa shape index (κ1) is 13.8. The molecule has 1 aliphatic carbocycles. The Morgan fingerprint density at radius 1 is 1.29 bits per heavy atom. The van der Waals surface area contributed by atoms with Crippen LogP contribution >= 0.6 is 11.3 Å². The van der Waals surface area contributed by atoms with Crippen molar-refractivity contribution in [2.45, 2.75) is 32.1 Å². The number of fused-ring (bicyclic) bond motifs is 1. The highest BCUT2D eigenvalue weighted by Crippen LogP contribution is 2.29. The quantitative estimate of drug-likeness (QED) is 0.862. The fourth-order valence-electron chi connectivity index (χ4n) is 2.49. The van der Waals surface area contributed by atoms with E-state index in [9.17, 15) is 4.79 Å². The average Bonchev–Trinajstić information content (AvgIpc) is 2.79. The van der Waals surface area contributed by atoms with Crippen LogP contribution in [0.4, 0.5) is 5.82 Å². The lowest BCUT2D eigenvalue weighted by molar-refractivity contribution is 0.103. The second-order valence-corrected chi connectivity index (χ2v) is 6.25. The molecule has 0 fully saturated rings. The molecular weight excluding hydrogens is 282 g/mol. The molecule has 2 aromatic rings. The summed E-state index contributed by atoms with van der Waals surface area (Å²) in [7, 11) is 0. The SMILES string of the molecule is N#Cc1ccc(NC(=O)c2cc3c(s2)CCCCC3)nc1. The summed E-state index contributed by atoms with van der Waals surface area (Å²) in [5.41, 5.74) is 1.81. The van der Waals surface area contributed by atoms with E-state index in [1.54, 1.807) is 23.5 Å². The van der Waals surface area contributed by atoms with Gasteiger partial charge in [-0.25, -0.2) is 4.98 Å². The van der Waals surface area contributed by atoms with Crippen molar-refractivity contribution < 1.29 is 4.79 Å². The highest BCUT2D eigenvalue weighted by molar-refractivity contribution is 7.14. The maximum absolute atomic E-state index is 12.3. The van der Waals surface area contributed by atoms with E-state index in [-0.39, 0.29) is 5.91 Å². The number of rotatable bonds is 2. The number of nitrogens with one attached hydrogen (secondary N) is 1.